The molecule has 3 aromatic rings. The van der Waals surface area contributed by atoms with E-state index in [0.717, 1.165) is 25.7 Å². The molecule has 0 aliphatic carbocycles. The molecule has 0 aliphatic heterocycles. The molecule has 0 aromatic heterocycles. The first kappa shape index (κ1) is 24.3. The van der Waals surface area contributed by atoms with E-state index >= 15 is 0 Å². The van der Waals surface area contributed by atoms with Gasteiger partial charge in [0.25, 0.3) is 0 Å². The number of benzene rings is 3. The van der Waals surface area contributed by atoms with Crippen LogP contribution in [0.15, 0.2) is 82.2 Å². The molecular weight excluding hydrogens is 516 g/mol. The van der Waals surface area contributed by atoms with Gasteiger partial charge in [0.05, 0.1) is 18.6 Å². The summed E-state index contributed by atoms with van der Waals surface area (Å²) < 4.78 is 33.6. The van der Waals surface area contributed by atoms with Crippen molar-refractivity contribution in [2.75, 3.05) is 13.7 Å². The summed E-state index contributed by atoms with van der Waals surface area (Å²) in [6.07, 6.45) is 0. The van der Waals surface area contributed by atoms with Crippen molar-refractivity contribution in [2.45, 2.75) is 18.0 Å². The number of rotatable bonds is 9. The number of ether oxygens (including phenoxy) is 1. The second kappa shape index (κ2) is 11.0. The lowest BCUT2D eigenvalue weighted by Gasteiger charge is -2.22. The van der Waals surface area contributed by atoms with Gasteiger partial charge in [0.2, 0.25) is 15.9 Å². The van der Waals surface area contributed by atoms with Crippen LogP contribution in [0.5, 0.6) is 5.75 Å². The quantitative estimate of drug-likeness (QED) is 0.432. The van der Waals surface area contributed by atoms with E-state index in [1.54, 1.807) is 55.6 Å². The summed E-state index contributed by atoms with van der Waals surface area (Å²) in [6.45, 7) is -0.0152. The highest BCUT2D eigenvalue weighted by molar-refractivity contribution is 9.10. The topological polar surface area (TPSA) is 75.7 Å². The minimum Gasteiger partial charge on any atom is -0.497 e. The fourth-order valence-corrected chi connectivity index (χ4v) is 4.71. The Morgan fingerprint density at radius 2 is 1.56 bits per heavy atom. The minimum absolute atomic E-state index is 0.0333. The van der Waals surface area contributed by atoms with Gasteiger partial charge in [-0.1, -0.05) is 51.8 Å². The van der Waals surface area contributed by atoms with Crippen LogP contribution in [0.3, 0.4) is 0 Å². The summed E-state index contributed by atoms with van der Waals surface area (Å²) >= 11 is 9.25. The molecule has 0 spiro atoms. The van der Waals surface area contributed by atoms with Crippen molar-refractivity contribution >= 4 is 43.5 Å². The molecule has 0 heterocycles. The highest BCUT2D eigenvalue weighted by Gasteiger charge is 2.27. The fourth-order valence-electron chi connectivity index (χ4n) is 2.94. The molecule has 0 saturated carbocycles. The fraction of sp³-hybridized carbons (Fsp3) is 0.174. The van der Waals surface area contributed by atoms with Crippen LogP contribution < -0.4 is 10.1 Å². The number of halogens is 2. The van der Waals surface area contributed by atoms with E-state index in [1.807, 2.05) is 12.1 Å². The largest absolute Gasteiger partial charge is 0.497 e. The van der Waals surface area contributed by atoms with Crippen LogP contribution in [-0.4, -0.2) is 32.3 Å². The van der Waals surface area contributed by atoms with Crippen LogP contribution >= 0.6 is 27.5 Å². The van der Waals surface area contributed by atoms with Crippen LogP contribution in [0.2, 0.25) is 5.02 Å². The Kier molecular flexibility index (Phi) is 8.31. The van der Waals surface area contributed by atoms with Crippen molar-refractivity contribution in [3.63, 3.8) is 0 Å². The number of nitrogens with one attached hydrogen (secondary N) is 1. The van der Waals surface area contributed by atoms with E-state index in [4.69, 9.17) is 16.3 Å². The third kappa shape index (κ3) is 6.56. The molecule has 0 unspecified atom stereocenters. The molecule has 0 aliphatic rings. The molecule has 9 heteroatoms. The van der Waals surface area contributed by atoms with Crippen LogP contribution in [0.1, 0.15) is 11.1 Å². The summed E-state index contributed by atoms with van der Waals surface area (Å²) in [5, 5.41) is 3.33. The third-order valence-electron chi connectivity index (χ3n) is 4.69. The Morgan fingerprint density at radius 1 is 0.969 bits per heavy atom. The number of carbonyl (C=O) groups is 1. The second-order valence-corrected chi connectivity index (χ2v) is 10.3. The molecule has 168 valence electrons. The first-order valence-corrected chi connectivity index (χ1v) is 12.3. The van der Waals surface area contributed by atoms with Gasteiger partial charge in [0.1, 0.15) is 5.75 Å². The average molecular weight is 538 g/mol. The molecule has 0 atom stereocenters. The molecule has 0 saturated heterocycles. The first-order valence-electron chi connectivity index (χ1n) is 9.68. The molecule has 3 aromatic carbocycles. The van der Waals surface area contributed by atoms with Gasteiger partial charge in [-0.05, 0) is 59.7 Å². The van der Waals surface area contributed by atoms with Gasteiger partial charge in [-0.15, -0.1) is 0 Å². The maximum Gasteiger partial charge on any atom is 0.243 e. The summed E-state index contributed by atoms with van der Waals surface area (Å²) in [5.41, 5.74) is 1.59. The van der Waals surface area contributed by atoms with E-state index < -0.39 is 15.9 Å². The maximum atomic E-state index is 13.3. The van der Waals surface area contributed by atoms with Crippen LogP contribution in [0.4, 0.5) is 0 Å². The molecule has 3 rings (SSSR count). The average Bonchev–Trinajstić information content (AvgIpc) is 2.79. The maximum absolute atomic E-state index is 13.3. The molecule has 0 bridgehead atoms. The van der Waals surface area contributed by atoms with Crippen molar-refractivity contribution in [1.29, 1.82) is 0 Å². The summed E-state index contributed by atoms with van der Waals surface area (Å²) in [4.78, 5) is 12.8. The van der Waals surface area contributed by atoms with E-state index in [2.05, 4.69) is 21.2 Å². The van der Waals surface area contributed by atoms with Crippen LogP contribution in [0.25, 0.3) is 0 Å². The number of methoxy groups -OCH3 is 1. The third-order valence-corrected chi connectivity index (χ3v) is 7.28. The lowest BCUT2D eigenvalue weighted by Crippen LogP contribution is -2.40. The van der Waals surface area contributed by atoms with Gasteiger partial charge in [0.15, 0.2) is 0 Å². The smallest absolute Gasteiger partial charge is 0.243 e. The van der Waals surface area contributed by atoms with Crippen LogP contribution in [0, 0.1) is 0 Å². The normalized spacial score (nSPS) is 11.4. The van der Waals surface area contributed by atoms with Crippen LogP contribution in [-0.2, 0) is 27.9 Å². The van der Waals surface area contributed by atoms with Crippen molar-refractivity contribution < 1.29 is 17.9 Å². The molecule has 1 amide bonds. The number of carbonyl (C=O) groups excluding carboxylic acids is 1. The summed E-state index contributed by atoms with van der Waals surface area (Å²) in [7, 11) is -2.33. The Bertz CT molecular complexity index is 1150. The zero-order chi connectivity index (χ0) is 23.1. The van der Waals surface area contributed by atoms with Gasteiger partial charge in [-0.2, -0.15) is 4.31 Å². The number of amides is 1. The van der Waals surface area contributed by atoms with Gasteiger partial charge in [-0.25, -0.2) is 8.42 Å². The zero-order valence-electron chi connectivity index (χ0n) is 17.3. The molecule has 32 heavy (non-hydrogen) atoms. The van der Waals surface area contributed by atoms with Gasteiger partial charge < -0.3 is 10.1 Å². The highest BCUT2D eigenvalue weighted by atomic mass is 79.9. The van der Waals surface area contributed by atoms with Gasteiger partial charge in [-0.3, -0.25) is 4.79 Å². The second-order valence-electron chi connectivity index (χ2n) is 6.98. The molecular formula is C23H22BrClN2O4S. The Morgan fingerprint density at radius 3 is 2.16 bits per heavy atom. The summed E-state index contributed by atoms with van der Waals surface area (Å²) in [5.74, 6) is 0.310. The SMILES string of the molecule is COc1ccc(CNC(=O)CN(Cc2ccc(Cl)cc2)S(=O)(=O)c2ccc(Br)cc2)cc1. The van der Waals surface area contributed by atoms with Crippen molar-refractivity contribution in [2.24, 2.45) is 0 Å². The Hall–Kier alpha value is -2.39. The predicted octanol–water partition coefficient (Wildman–Crippen LogP) is 4.62. The Balaban J connectivity index is 1.77. The van der Waals surface area contributed by atoms with Crippen molar-refractivity contribution in [3.05, 3.63) is 93.4 Å². The molecule has 0 radical (unpaired) electrons. The van der Waals surface area contributed by atoms with E-state index in [9.17, 15) is 13.2 Å². The summed E-state index contributed by atoms with van der Waals surface area (Å²) in [6, 6.07) is 20.4. The predicted molar refractivity (Wildman–Crippen MR) is 128 cm³/mol. The Labute approximate surface area is 201 Å². The van der Waals surface area contributed by atoms with E-state index in [0.29, 0.717) is 5.02 Å². The van der Waals surface area contributed by atoms with E-state index in [1.165, 1.54) is 12.1 Å². The molecule has 0 fully saturated rings. The van der Waals surface area contributed by atoms with Crippen molar-refractivity contribution in [3.8, 4) is 5.75 Å². The number of hydrogen-bond donors (Lipinski definition) is 1. The monoisotopic (exact) mass is 536 g/mol. The zero-order valence-corrected chi connectivity index (χ0v) is 20.5. The van der Waals surface area contributed by atoms with Gasteiger partial charge in [0, 0.05) is 22.6 Å². The number of hydrogen-bond acceptors (Lipinski definition) is 4. The molecule has 1 N–H and O–H groups in total. The van der Waals surface area contributed by atoms with Gasteiger partial charge >= 0.3 is 0 Å². The number of sulfonamides is 1. The number of nitrogens with zero attached hydrogens (tertiary/aromatic N) is 1. The highest BCUT2D eigenvalue weighted by Crippen LogP contribution is 2.21. The molecule has 6 nitrogen and oxygen atoms in total. The standard InChI is InChI=1S/C23H22BrClN2O4S/c1-31-21-10-4-17(5-11-21)14-26-23(28)16-27(15-18-2-8-20(25)9-3-18)32(29,30)22-12-6-19(24)7-13-22/h2-13H,14-16H2,1H3,(H,26,28). The lowest BCUT2D eigenvalue weighted by atomic mass is 10.2. The van der Waals surface area contributed by atoms with E-state index in [-0.39, 0.29) is 24.5 Å². The minimum atomic E-state index is -3.91. The lowest BCUT2D eigenvalue weighted by molar-refractivity contribution is -0.121. The first-order chi connectivity index (χ1) is 15.3. The van der Waals surface area contributed by atoms with Crippen molar-refractivity contribution in [1.82, 2.24) is 9.62 Å².